The molecule has 0 unspecified atom stereocenters. The van der Waals surface area contributed by atoms with Gasteiger partial charge in [0, 0.05) is 6.26 Å². The topological polar surface area (TPSA) is 77.2 Å². The summed E-state index contributed by atoms with van der Waals surface area (Å²) >= 11 is 4.56. The van der Waals surface area contributed by atoms with E-state index in [1.807, 2.05) is 0 Å². The van der Waals surface area contributed by atoms with Crippen molar-refractivity contribution in [2.45, 2.75) is 10.2 Å². The fraction of sp³-hybridized carbons (Fsp3) is 0.286. The summed E-state index contributed by atoms with van der Waals surface area (Å²) < 4.78 is 24.8. The molecular formula is C7H7BrN4O2S2. The zero-order chi connectivity index (χ0) is 11.9. The maximum Gasteiger partial charge on any atom is 0.266 e. The Balaban J connectivity index is 2.86. The molecule has 0 fully saturated rings. The molecule has 0 aliphatic rings. The molecule has 0 saturated heterocycles. The number of imidazole rings is 1. The molecule has 0 atom stereocenters. The monoisotopic (exact) mass is 322 g/mol. The lowest BCUT2D eigenvalue weighted by molar-refractivity contribution is 0.583. The summed E-state index contributed by atoms with van der Waals surface area (Å²) in [6.07, 6.45) is 4.43. The molecule has 0 N–H and O–H groups in total. The Kier molecular flexibility index (Phi) is 2.93. The zero-order valence-electron chi connectivity index (χ0n) is 8.38. The Morgan fingerprint density at radius 2 is 2.19 bits per heavy atom. The standard InChI is InChI=1S/C7H7BrN4O2S2/c1-15-6-5-9-3-4(8)12(5)11-7(10-6)16(2,13)14/h3H,1-2H3. The molecule has 2 aromatic rings. The average Bonchev–Trinajstić information content (AvgIpc) is 2.58. The van der Waals surface area contributed by atoms with Gasteiger partial charge < -0.3 is 0 Å². The molecule has 9 heteroatoms. The van der Waals surface area contributed by atoms with Gasteiger partial charge in [0.15, 0.2) is 5.65 Å². The first kappa shape index (κ1) is 11.8. The van der Waals surface area contributed by atoms with E-state index in [9.17, 15) is 8.42 Å². The van der Waals surface area contributed by atoms with Crippen molar-refractivity contribution in [1.82, 2.24) is 19.6 Å². The number of sulfone groups is 1. The summed E-state index contributed by atoms with van der Waals surface area (Å²) in [5.74, 6) is 0. The van der Waals surface area contributed by atoms with E-state index in [4.69, 9.17) is 0 Å². The minimum Gasteiger partial charge on any atom is -0.232 e. The SMILES string of the molecule is CSc1nc(S(C)(=O)=O)nn2c(Br)cnc12. The van der Waals surface area contributed by atoms with Crippen molar-refractivity contribution in [3.63, 3.8) is 0 Å². The van der Waals surface area contributed by atoms with Crippen LogP contribution in [0, 0.1) is 0 Å². The second kappa shape index (κ2) is 3.97. The molecule has 2 heterocycles. The minimum absolute atomic E-state index is 0.206. The Morgan fingerprint density at radius 3 is 2.75 bits per heavy atom. The molecule has 0 aromatic carbocycles. The van der Waals surface area contributed by atoms with Crippen molar-refractivity contribution in [2.24, 2.45) is 0 Å². The van der Waals surface area contributed by atoms with E-state index in [1.165, 1.54) is 16.3 Å². The number of halogens is 1. The highest BCUT2D eigenvalue weighted by Crippen LogP contribution is 2.21. The van der Waals surface area contributed by atoms with Gasteiger partial charge in [0.2, 0.25) is 9.84 Å². The Hall–Kier alpha value is -0.670. The van der Waals surface area contributed by atoms with Gasteiger partial charge in [0.1, 0.15) is 9.63 Å². The number of hydrogen-bond acceptors (Lipinski definition) is 6. The molecule has 6 nitrogen and oxygen atoms in total. The fourth-order valence-electron chi connectivity index (χ4n) is 1.10. The molecular weight excluding hydrogens is 316 g/mol. The predicted molar refractivity (Wildman–Crippen MR) is 63.4 cm³/mol. The Bertz CT molecular complexity index is 652. The third-order valence-electron chi connectivity index (χ3n) is 1.80. The van der Waals surface area contributed by atoms with E-state index in [2.05, 4.69) is 31.0 Å². The molecule has 0 spiro atoms. The van der Waals surface area contributed by atoms with Crippen LogP contribution in [0.1, 0.15) is 0 Å². The molecule has 0 aliphatic heterocycles. The van der Waals surface area contributed by atoms with Crippen LogP contribution in [0.5, 0.6) is 0 Å². The lowest BCUT2D eigenvalue weighted by atomic mass is 10.8. The molecule has 0 aliphatic carbocycles. The molecule has 86 valence electrons. The normalized spacial score (nSPS) is 12.2. The average molecular weight is 323 g/mol. The van der Waals surface area contributed by atoms with E-state index in [1.54, 1.807) is 12.5 Å². The van der Waals surface area contributed by atoms with Gasteiger partial charge in [-0.1, -0.05) is 0 Å². The second-order valence-electron chi connectivity index (χ2n) is 2.99. The van der Waals surface area contributed by atoms with Crippen LogP contribution in [0.3, 0.4) is 0 Å². The first-order chi connectivity index (χ1) is 7.43. The summed E-state index contributed by atoms with van der Waals surface area (Å²) in [6, 6.07) is 0. The van der Waals surface area contributed by atoms with Gasteiger partial charge in [-0.2, -0.15) is 0 Å². The molecule has 0 radical (unpaired) electrons. The van der Waals surface area contributed by atoms with Gasteiger partial charge in [-0.3, -0.25) is 0 Å². The maximum absolute atomic E-state index is 11.4. The minimum atomic E-state index is -3.43. The van der Waals surface area contributed by atoms with E-state index < -0.39 is 9.84 Å². The van der Waals surface area contributed by atoms with Crippen LogP contribution in [0.15, 0.2) is 21.0 Å². The summed E-state index contributed by atoms with van der Waals surface area (Å²) in [6.45, 7) is 0. The number of hydrogen-bond donors (Lipinski definition) is 0. The van der Waals surface area contributed by atoms with Gasteiger partial charge in [-0.15, -0.1) is 16.9 Å². The summed E-state index contributed by atoms with van der Waals surface area (Å²) in [5, 5.41) is 4.23. The van der Waals surface area contributed by atoms with E-state index in [0.717, 1.165) is 6.26 Å². The van der Waals surface area contributed by atoms with Gasteiger partial charge in [-0.25, -0.2) is 22.9 Å². The van der Waals surface area contributed by atoms with E-state index >= 15 is 0 Å². The summed E-state index contributed by atoms with van der Waals surface area (Å²) in [7, 11) is -3.43. The zero-order valence-corrected chi connectivity index (χ0v) is 11.6. The fourth-order valence-corrected chi connectivity index (χ4v) is 2.50. The van der Waals surface area contributed by atoms with E-state index in [0.29, 0.717) is 15.3 Å². The first-order valence-electron chi connectivity index (χ1n) is 4.09. The third kappa shape index (κ3) is 1.94. The maximum atomic E-state index is 11.4. The summed E-state index contributed by atoms with van der Waals surface area (Å²) in [4.78, 5) is 8.05. The molecule has 2 rings (SSSR count). The van der Waals surface area contributed by atoms with Crippen molar-refractivity contribution in [1.29, 1.82) is 0 Å². The largest absolute Gasteiger partial charge is 0.266 e. The lowest BCUT2D eigenvalue weighted by Gasteiger charge is -2.02. The number of fused-ring (bicyclic) bond motifs is 1. The number of rotatable bonds is 2. The first-order valence-corrected chi connectivity index (χ1v) is 7.99. The van der Waals surface area contributed by atoms with Gasteiger partial charge in [0.05, 0.1) is 6.20 Å². The van der Waals surface area contributed by atoms with Crippen LogP contribution in [0.25, 0.3) is 5.65 Å². The molecule has 2 aromatic heterocycles. The van der Waals surface area contributed by atoms with Crippen molar-refractivity contribution >= 4 is 43.2 Å². The Labute approximate surface area is 105 Å². The van der Waals surface area contributed by atoms with Crippen LogP contribution < -0.4 is 0 Å². The van der Waals surface area contributed by atoms with Gasteiger partial charge in [-0.05, 0) is 22.2 Å². The van der Waals surface area contributed by atoms with Crippen LogP contribution in [-0.2, 0) is 9.84 Å². The van der Waals surface area contributed by atoms with E-state index in [-0.39, 0.29) is 5.16 Å². The van der Waals surface area contributed by atoms with Gasteiger partial charge >= 0.3 is 0 Å². The quantitative estimate of drug-likeness (QED) is 0.768. The molecule has 0 bridgehead atoms. The lowest BCUT2D eigenvalue weighted by Crippen LogP contribution is -2.09. The predicted octanol–water partition coefficient (Wildman–Crippen LogP) is 1.01. The van der Waals surface area contributed by atoms with Crippen LogP contribution in [-0.4, -0.2) is 40.5 Å². The van der Waals surface area contributed by atoms with Gasteiger partial charge in [0.25, 0.3) is 5.16 Å². The van der Waals surface area contributed by atoms with Crippen LogP contribution >= 0.6 is 27.7 Å². The van der Waals surface area contributed by atoms with Crippen LogP contribution in [0.2, 0.25) is 0 Å². The molecule has 0 saturated carbocycles. The van der Waals surface area contributed by atoms with Crippen LogP contribution in [0.4, 0.5) is 0 Å². The van der Waals surface area contributed by atoms with Crippen molar-refractivity contribution < 1.29 is 8.42 Å². The molecule has 16 heavy (non-hydrogen) atoms. The highest BCUT2D eigenvalue weighted by molar-refractivity contribution is 9.10. The third-order valence-corrected chi connectivity index (χ3v) is 3.83. The van der Waals surface area contributed by atoms with Crippen molar-refractivity contribution in [3.8, 4) is 0 Å². The highest BCUT2D eigenvalue weighted by atomic mass is 79.9. The number of aromatic nitrogens is 4. The molecule has 0 amide bonds. The summed E-state index contributed by atoms with van der Waals surface area (Å²) in [5.41, 5.74) is 0.534. The second-order valence-corrected chi connectivity index (χ2v) is 6.51. The van der Waals surface area contributed by atoms with Crippen molar-refractivity contribution in [2.75, 3.05) is 12.5 Å². The smallest absolute Gasteiger partial charge is 0.232 e. The Morgan fingerprint density at radius 1 is 1.50 bits per heavy atom. The number of nitrogens with zero attached hydrogens (tertiary/aromatic N) is 4. The van der Waals surface area contributed by atoms with Crippen molar-refractivity contribution in [3.05, 3.63) is 10.8 Å². The highest BCUT2D eigenvalue weighted by Gasteiger charge is 2.17. The number of thioether (sulfide) groups is 1.